The second-order valence-corrected chi connectivity index (χ2v) is 11.4. The summed E-state index contributed by atoms with van der Waals surface area (Å²) in [6, 6.07) is 0. The Bertz CT molecular complexity index is 686. The number of hydrogen-bond acceptors (Lipinski definition) is 6. The summed E-state index contributed by atoms with van der Waals surface area (Å²) in [7, 11) is 1.84. The third-order valence-electron chi connectivity index (χ3n) is 7.30. The zero-order valence-corrected chi connectivity index (χ0v) is 26.8. The summed E-state index contributed by atoms with van der Waals surface area (Å²) in [5.41, 5.74) is 0.259. The molecule has 0 radical (unpaired) electrons. The van der Waals surface area contributed by atoms with E-state index in [4.69, 9.17) is 20.4 Å². The topological polar surface area (TPSA) is 164 Å². The molecule has 0 heterocycles. The molecule has 0 aliphatic rings. The second kappa shape index (κ2) is 28.9. The molecular formula is C32H62N2O8. The summed E-state index contributed by atoms with van der Waals surface area (Å²) >= 11 is 0. The molecule has 5 N–H and O–H groups in total. The van der Waals surface area contributed by atoms with Gasteiger partial charge in [-0.25, -0.2) is 10.2 Å². The monoisotopic (exact) mass is 602 g/mol. The normalized spacial score (nSPS) is 11.0. The third-order valence-corrected chi connectivity index (χ3v) is 7.30. The molecule has 10 nitrogen and oxygen atoms in total. The van der Waals surface area contributed by atoms with E-state index in [2.05, 4.69) is 19.3 Å². The van der Waals surface area contributed by atoms with Gasteiger partial charge in [0.25, 0.3) is 0 Å². The fourth-order valence-corrected chi connectivity index (χ4v) is 4.79. The molecule has 0 rings (SSSR count). The lowest BCUT2D eigenvalue weighted by molar-refractivity contribution is -0.170. The van der Waals surface area contributed by atoms with Crippen LogP contribution in [-0.4, -0.2) is 68.4 Å². The van der Waals surface area contributed by atoms with Crippen LogP contribution < -0.4 is 5.43 Å². The van der Waals surface area contributed by atoms with E-state index in [1.54, 1.807) is 5.01 Å². The van der Waals surface area contributed by atoms with Crippen LogP contribution in [0.4, 0.5) is 0 Å². The molecule has 0 aromatic heterocycles. The number of carbonyl (C=O) groups excluding carboxylic acids is 1. The van der Waals surface area contributed by atoms with Crippen LogP contribution in [0.25, 0.3) is 0 Å². The summed E-state index contributed by atoms with van der Waals surface area (Å²) in [6.07, 6.45) is 25.8. The Morgan fingerprint density at radius 2 is 0.905 bits per heavy atom. The summed E-state index contributed by atoms with van der Waals surface area (Å²) in [6.45, 7) is 5.21. The molecule has 10 heteroatoms. The Morgan fingerprint density at radius 3 is 1.17 bits per heavy atom. The fraction of sp³-hybridized carbons (Fsp3) is 0.875. The largest absolute Gasteiger partial charge is 0.481 e. The van der Waals surface area contributed by atoms with E-state index >= 15 is 0 Å². The number of nitrogens with one attached hydrogen (secondary N) is 1. The van der Waals surface area contributed by atoms with Crippen molar-refractivity contribution in [2.75, 3.05) is 13.6 Å². The number of hydrogen-bond donors (Lipinski definition) is 5. The lowest BCUT2D eigenvalue weighted by atomic mass is 9.96. The van der Waals surface area contributed by atoms with Crippen LogP contribution >= 0.6 is 0 Å². The molecule has 42 heavy (non-hydrogen) atoms. The van der Waals surface area contributed by atoms with E-state index in [9.17, 15) is 19.2 Å². The number of carboxylic acid groups (broad SMARTS) is 3. The lowest BCUT2D eigenvalue weighted by Crippen LogP contribution is -2.42. The Balaban J connectivity index is 0. The fourth-order valence-electron chi connectivity index (χ4n) is 4.79. The number of carbonyl (C=O) groups is 4. The Labute approximate surface area is 254 Å². The van der Waals surface area contributed by atoms with Crippen molar-refractivity contribution in [2.45, 2.75) is 167 Å². The molecule has 0 aromatic carbocycles. The van der Waals surface area contributed by atoms with Crippen molar-refractivity contribution in [1.82, 2.24) is 10.4 Å². The number of nitrogens with zero attached hydrogens (tertiary/aromatic N) is 1. The third kappa shape index (κ3) is 26.7. The maximum absolute atomic E-state index is 12.0. The van der Waals surface area contributed by atoms with Gasteiger partial charge in [-0.3, -0.25) is 19.4 Å². The Kier molecular flexibility index (Phi) is 28.9. The van der Waals surface area contributed by atoms with Crippen molar-refractivity contribution in [3.8, 4) is 0 Å². The van der Waals surface area contributed by atoms with Crippen LogP contribution in [0.3, 0.4) is 0 Å². The zero-order chi connectivity index (χ0) is 32.1. The van der Waals surface area contributed by atoms with Gasteiger partial charge in [0, 0.05) is 20.0 Å². The smallest absolute Gasteiger partial charge is 0.336 e. The van der Waals surface area contributed by atoms with Gasteiger partial charge in [-0.2, -0.15) is 0 Å². The van der Waals surface area contributed by atoms with Crippen molar-refractivity contribution >= 4 is 23.8 Å². The van der Waals surface area contributed by atoms with Crippen molar-refractivity contribution < 1.29 is 39.6 Å². The highest BCUT2D eigenvalue weighted by atomic mass is 16.4. The summed E-state index contributed by atoms with van der Waals surface area (Å²) < 4.78 is 0. The first kappa shape index (κ1) is 41.9. The Hall–Kier alpha value is -2.20. The van der Waals surface area contributed by atoms with Gasteiger partial charge in [0.1, 0.15) is 0 Å². The van der Waals surface area contributed by atoms with Gasteiger partial charge in [0.2, 0.25) is 5.91 Å². The van der Waals surface area contributed by atoms with E-state index < -0.39 is 36.4 Å². The van der Waals surface area contributed by atoms with E-state index in [0.717, 1.165) is 19.4 Å². The number of aliphatic carboxylic acids is 3. The van der Waals surface area contributed by atoms with E-state index in [0.29, 0.717) is 6.42 Å². The molecule has 0 atom stereocenters. The second-order valence-electron chi connectivity index (χ2n) is 11.4. The van der Waals surface area contributed by atoms with Crippen molar-refractivity contribution in [1.29, 1.82) is 0 Å². The van der Waals surface area contributed by atoms with Gasteiger partial charge < -0.3 is 20.4 Å². The van der Waals surface area contributed by atoms with Crippen molar-refractivity contribution in [2.24, 2.45) is 0 Å². The molecule has 248 valence electrons. The van der Waals surface area contributed by atoms with Crippen molar-refractivity contribution in [3.05, 3.63) is 0 Å². The predicted molar refractivity (Wildman–Crippen MR) is 166 cm³/mol. The number of amides is 1. The van der Waals surface area contributed by atoms with Gasteiger partial charge in [0.15, 0.2) is 5.60 Å². The van der Waals surface area contributed by atoms with Gasteiger partial charge in [0.05, 0.1) is 12.8 Å². The minimum Gasteiger partial charge on any atom is -0.481 e. The summed E-state index contributed by atoms with van der Waals surface area (Å²) in [5, 5.41) is 35.6. The lowest BCUT2D eigenvalue weighted by Gasteiger charge is -2.20. The van der Waals surface area contributed by atoms with E-state index in [1.807, 2.05) is 7.05 Å². The predicted octanol–water partition coefficient (Wildman–Crippen LogP) is 6.93. The zero-order valence-electron chi connectivity index (χ0n) is 26.8. The van der Waals surface area contributed by atoms with Crippen LogP contribution in [0.2, 0.25) is 0 Å². The summed E-state index contributed by atoms with van der Waals surface area (Å²) in [4.78, 5) is 42.5. The van der Waals surface area contributed by atoms with Crippen LogP contribution in [0.5, 0.6) is 0 Å². The molecule has 0 aliphatic carbocycles. The van der Waals surface area contributed by atoms with E-state index in [1.165, 1.54) is 116 Å². The average molecular weight is 603 g/mol. The molecule has 0 spiro atoms. The first-order valence-electron chi connectivity index (χ1n) is 16.4. The maximum Gasteiger partial charge on any atom is 0.336 e. The summed E-state index contributed by atoms with van der Waals surface area (Å²) in [5.74, 6) is -4.77. The molecule has 0 aromatic rings. The first-order valence-corrected chi connectivity index (χ1v) is 16.4. The van der Waals surface area contributed by atoms with Crippen LogP contribution in [0.15, 0.2) is 0 Å². The average Bonchev–Trinajstić information content (AvgIpc) is 2.92. The van der Waals surface area contributed by atoms with Gasteiger partial charge in [-0.1, -0.05) is 129 Å². The highest BCUT2D eigenvalue weighted by molar-refractivity contribution is 5.88. The molecule has 0 unspecified atom stereocenters. The highest BCUT2D eigenvalue weighted by Crippen LogP contribution is 2.16. The van der Waals surface area contributed by atoms with Crippen LogP contribution in [-0.2, 0) is 19.2 Å². The number of hydrazine groups is 1. The van der Waals surface area contributed by atoms with Crippen LogP contribution in [0.1, 0.15) is 162 Å². The number of aliphatic hydroxyl groups is 1. The van der Waals surface area contributed by atoms with Crippen molar-refractivity contribution in [3.63, 3.8) is 0 Å². The molecule has 0 aliphatic heterocycles. The molecule has 1 amide bonds. The molecular weight excluding hydrogens is 540 g/mol. The Morgan fingerprint density at radius 1 is 0.571 bits per heavy atom. The highest BCUT2D eigenvalue weighted by Gasteiger charge is 2.40. The molecule has 0 bridgehead atoms. The standard InChI is InChI=1S/C26H54N2O.C6H8O7/c1-4-6-7-8-9-10-11-12-13-14-15-16-17-18-19-20-21-22-23-24-26(29)28(27-3)25-5-2;7-3(8)1-6(13,5(11)12)2-4(9)10/h27H,4-25H2,1-3H3;13H,1-2H2,(H,7,8)(H,9,10)(H,11,12). The van der Waals surface area contributed by atoms with E-state index in [-0.39, 0.29) is 5.91 Å². The SMILES string of the molecule is CCCCCCCCCCCCCCCCCCCCCC(=O)N(CCC)NC.O=C(O)CC(O)(CC(=O)O)C(=O)O. The molecule has 0 saturated heterocycles. The van der Waals surface area contributed by atoms with Crippen LogP contribution in [0, 0.1) is 0 Å². The molecule has 0 saturated carbocycles. The first-order chi connectivity index (χ1) is 20.0. The number of carboxylic acids is 3. The van der Waals surface area contributed by atoms with Gasteiger partial charge in [-0.15, -0.1) is 0 Å². The van der Waals surface area contributed by atoms with Gasteiger partial charge in [-0.05, 0) is 12.8 Å². The molecule has 0 fully saturated rings. The maximum atomic E-state index is 12.0. The number of rotatable bonds is 28. The minimum absolute atomic E-state index is 0.251. The number of unbranched alkanes of at least 4 members (excludes halogenated alkanes) is 18. The van der Waals surface area contributed by atoms with Gasteiger partial charge >= 0.3 is 17.9 Å². The minimum atomic E-state index is -2.74. The quantitative estimate of drug-likeness (QED) is 0.0471.